The van der Waals surface area contributed by atoms with Crippen molar-refractivity contribution >= 4 is 43.7 Å². The summed E-state index contributed by atoms with van der Waals surface area (Å²) in [5, 5.41) is 4.47. The summed E-state index contributed by atoms with van der Waals surface area (Å²) in [6.07, 6.45) is 0. The zero-order chi connectivity index (χ0) is 35.3. The Labute approximate surface area is 305 Å². The van der Waals surface area contributed by atoms with E-state index in [2.05, 4.69) is 109 Å². The largest absolute Gasteiger partial charge is 0.455 e. The number of nitrogens with zero attached hydrogens (tertiary/aromatic N) is 4. The van der Waals surface area contributed by atoms with E-state index in [-0.39, 0.29) is 5.41 Å². The van der Waals surface area contributed by atoms with Crippen LogP contribution in [0.2, 0.25) is 0 Å². The first-order valence-electron chi connectivity index (χ1n) is 18.0. The molecular weight excluding hydrogens is 649 g/mol. The molecule has 1 aliphatic rings. The van der Waals surface area contributed by atoms with E-state index < -0.39 is 0 Å². The minimum absolute atomic E-state index is 0.0983. The van der Waals surface area contributed by atoms with E-state index in [9.17, 15) is 0 Å². The van der Waals surface area contributed by atoms with Crippen molar-refractivity contribution in [2.75, 3.05) is 0 Å². The van der Waals surface area contributed by atoms with Crippen LogP contribution in [0, 0.1) is 0 Å². The van der Waals surface area contributed by atoms with Crippen LogP contribution >= 0.6 is 0 Å². The molecule has 0 saturated heterocycles. The van der Waals surface area contributed by atoms with Gasteiger partial charge < -0.3 is 8.98 Å². The van der Waals surface area contributed by atoms with Gasteiger partial charge in [0, 0.05) is 49.8 Å². The number of aromatic nitrogens is 4. The third-order valence-electron chi connectivity index (χ3n) is 11.1. The van der Waals surface area contributed by atoms with Crippen molar-refractivity contribution in [3.63, 3.8) is 0 Å². The molecule has 11 rings (SSSR count). The molecule has 7 aromatic carbocycles. The molecule has 0 fully saturated rings. The van der Waals surface area contributed by atoms with Gasteiger partial charge in [-0.1, -0.05) is 135 Å². The molecule has 0 aliphatic heterocycles. The Bertz CT molecular complexity index is 3020. The summed E-state index contributed by atoms with van der Waals surface area (Å²) in [7, 11) is 0. The van der Waals surface area contributed by atoms with Crippen molar-refractivity contribution in [1.82, 2.24) is 19.5 Å². The molecule has 3 heterocycles. The van der Waals surface area contributed by atoms with Crippen LogP contribution in [-0.4, -0.2) is 19.5 Å². The highest BCUT2D eigenvalue weighted by Gasteiger charge is 2.35. The molecule has 0 spiro atoms. The SMILES string of the molecule is CC1(C)c2ccccc2-c2ccc(-n3c4ccccc4c4cc5c(cc43)oc3c(-c4nc(-c6ccccc6)nc(-c6ccccc6)n4)cccc35)cc21. The molecule has 53 heavy (non-hydrogen) atoms. The van der Waals surface area contributed by atoms with Gasteiger partial charge in [-0.05, 0) is 52.6 Å². The number of fused-ring (bicyclic) bond motifs is 9. The van der Waals surface area contributed by atoms with Crippen LogP contribution in [0.4, 0.5) is 0 Å². The number of para-hydroxylation sites is 2. The van der Waals surface area contributed by atoms with Gasteiger partial charge >= 0.3 is 0 Å². The molecule has 0 amide bonds. The summed E-state index contributed by atoms with van der Waals surface area (Å²) in [5.41, 5.74) is 12.9. The van der Waals surface area contributed by atoms with Crippen LogP contribution in [0.25, 0.3) is 94.7 Å². The molecule has 0 unspecified atom stereocenters. The van der Waals surface area contributed by atoms with Crippen LogP contribution in [0.1, 0.15) is 25.0 Å². The van der Waals surface area contributed by atoms with Gasteiger partial charge in [0.25, 0.3) is 0 Å². The van der Waals surface area contributed by atoms with Crippen molar-refractivity contribution < 1.29 is 4.42 Å². The predicted molar refractivity (Wildman–Crippen MR) is 215 cm³/mol. The Morgan fingerprint density at radius 3 is 1.85 bits per heavy atom. The van der Waals surface area contributed by atoms with Gasteiger partial charge in [0.1, 0.15) is 11.2 Å². The predicted octanol–water partition coefficient (Wildman–Crippen LogP) is 12.2. The zero-order valence-corrected chi connectivity index (χ0v) is 29.2. The second kappa shape index (κ2) is 11.1. The number of rotatable bonds is 4. The van der Waals surface area contributed by atoms with Crippen molar-refractivity contribution in [1.29, 1.82) is 0 Å². The number of hydrogen-bond donors (Lipinski definition) is 0. The first kappa shape index (κ1) is 29.8. The van der Waals surface area contributed by atoms with E-state index in [4.69, 9.17) is 19.4 Å². The Morgan fingerprint density at radius 1 is 0.453 bits per heavy atom. The Balaban J connectivity index is 1.13. The van der Waals surface area contributed by atoms with Gasteiger partial charge in [-0.3, -0.25) is 0 Å². The van der Waals surface area contributed by atoms with Gasteiger partial charge in [-0.25, -0.2) is 15.0 Å². The molecule has 0 N–H and O–H groups in total. The van der Waals surface area contributed by atoms with Gasteiger partial charge in [0.05, 0.1) is 16.6 Å². The van der Waals surface area contributed by atoms with Gasteiger partial charge in [0.15, 0.2) is 17.5 Å². The Hall–Kier alpha value is -6.85. The van der Waals surface area contributed by atoms with Gasteiger partial charge in [-0.15, -0.1) is 0 Å². The molecule has 1 aliphatic carbocycles. The fraction of sp³-hybridized carbons (Fsp3) is 0.0625. The fourth-order valence-electron chi connectivity index (χ4n) is 8.47. The van der Waals surface area contributed by atoms with Crippen molar-refractivity contribution in [3.05, 3.63) is 169 Å². The van der Waals surface area contributed by atoms with Crippen LogP contribution in [0.15, 0.2) is 162 Å². The lowest BCUT2D eigenvalue weighted by Gasteiger charge is -2.22. The zero-order valence-electron chi connectivity index (χ0n) is 29.2. The molecular formula is C48H32N4O. The molecule has 3 aromatic heterocycles. The third-order valence-corrected chi connectivity index (χ3v) is 11.1. The Kier molecular flexibility index (Phi) is 6.23. The Morgan fingerprint density at radius 2 is 1.08 bits per heavy atom. The van der Waals surface area contributed by atoms with Crippen molar-refractivity contribution in [3.8, 4) is 51.0 Å². The first-order valence-corrected chi connectivity index (χ1v) is 18.0. The van der Waals surface area contributed by atoms with E-state index >= 15 is 0 Å². The highest BCUT2D eigenvalue weighted by molar-refractivity contribution is 6.18. The smallest absolute Gasteiger partial charge is 0.167 e. The maximum atomic E-state index is 6.86. The molecule has 0 radical (unpaired) electrons. The van der Waals surface area contributed by atoms with E-state index in [1.807, 2.05) is 66.7 Å². The lowest BCUT2D eigenvalue weighted by atomic mass is 9.82. The van der Waals surface area contributed by atoms with E-state index in [0.717, 1.165) is 49.8 Å². The summed E-state index contributed by atoms with van der Waals surface area (Å²) in [5.74, 6) is 1.81. The van der Waals surface area contributed by atoms with E-state index in [1.54, 1.807) is 0 Å². The maximum absolute atomic E-state index is 6.86. The third kappa shape index (κ3) is 4.40. The van der Waals surface area contributed by atoms with Crippen molar-refractivity contribution in [2.24, 2.45) is 0 Å². The highest BCUT2D eigenvalue weighted by atomic mass is 16.3. The van der Waals surface area contributed by atoms with E-state index in [1.165, 1.54) is 38.5 Å². The summed E-state index contributed by atoms with van der Waals surface area (Å²) in [6.45, 7) is 4.67. The van der Waals surface area contributed by atoms with Crippen molar-refractivity contribution in [2.45, 2.75) is 19.3 Å². The molecule has 250 valence electrons. The molecule has 5 heteroatoms. The monoisotopic (exact) mass is 680 g/mol. The molecule has 0 saturated carbocycles. The van der Waals surface area contributed by atoms with Crippen LogP contribution in [0.3, 0.4) is 0 Å². The maximum Gasteiger partial charge on any atom is 0.167 e. The normalized spacial score (nSPS) is 13.2. The summed E-state index contributed by atoms with van der Waals surface area (Å²) in [6, 6.07) is 55.3. The van der Waals surface area contributed by atoms with Crippen LogP contribution in [0.5, 0.6) is 0 Å². The van der Waals surface area contributed by atoms with E-state index in [0.29, 0.717) is 17.5 Å². The average molecular weight is 681 g/mol. The first-order chi connectivity index (χ1) is 26.0. The minimum Gasteiger partial charge on any atom is -0.455 e. The fourth-order valence-corrected chi connectivity index (χ4v) is 8.47. The average Bonchev–Trinajstić information content (AvgIpc) is 3.82. The second-order valence-electron chi connectivity index (χ2n) is 14.4. The number of furan rings is 1. The second-order valence-corrected chi connectivity index (χ2v) is 14.4. The minimum atomic E-state index is -0.0983. The summed E-state index contributed by atoms with van der Waals surface area (Å²) in [4.78, 5) is 15.0. The standard InChI is InChI=1S/C48H32N4O/c1-48(2)39-22-11-9-18-32(39)33-25-24-31(26-40(33)48)52-41-23-12-10-19-34(41)37-27-38-35-20-13-21-36(44(35)53-43(38)28-42(37)52)47-50-45(29-14-5-3-6-15-29)49-46(51-47)30-16-7-4-8-17-30/h3-28H,1-2H3. The lowest BCUT2D eigenvalue weighted by Crippen LogP contribution is -2.15. The summed E-state index contributed by atoms with van der Waals surface area (Å²) < 4.78 is 9.25. The highest BCUT2D eigenvalue weighted by Crippen LogP contribution is 2.49. The van der Waals surface area contributed by atoms with Crippen LogP contribution in [-0.2, 0) is 5.41 Å². The number of benzene rings is 7. The molecule has 5 nitrogen and oxygen atoms in total. The van der Waals surface area contributed by atoms with Crippen LogP contribution < -0.4 is 0 Å². The molecule has 10 aromatic rings. The summed E-state index contributed by atoms with van der Waals surface area (Å²) >= 11 is 0. The molecule has 0 atom stereocenters. The quantitative estimate of drug-likeness (QED) is 0.186. The lowest BCUT2D eigenvalue weighted by molar-refractivity contribution is 0.660. The van der Waals surface area contributed by atoms with Gasteiger partial charge in [-0.2, -0.15) is 0 Å². The molecule has 0 bridgehead atoms. The number of hydrogen-bond acceptors (Lipinski definition) is 4. The topological polar surface area (TPSA) is 56.7 Å². The van der Waals surface area contributed by atoms with Gasteiger partial charge in [0.2, 0.25) is 0 Å².